The summed E-state index contributed by atoms with van der Waals surface area (Å²) in [6.07, 6.45) is 8.04. The van der Waals surface area contributed by atoms with Crippen molar-refractivity contribution in [2.45, 2.75) is 44.6 Å². The largest absolute Gasteiger partial charge is 0.236 e. The van der Waals surface area contributed by atoms with Gasteiger partial charge >= 0.3 is 0 Å². The highest BCUT2D eigenvalue weighted by Gasteiger charge is 2.54. The van der Waals surface area contributed by atoms with Crippen LogP contribution in [0, 0.1) is 40.9 Å². The van der Waals surface area contributed by atoms with E-state index in [1.54, 1.807) is 6.08 Å². The van der Waals surface area contributed by atoms with Crippen molar-refractivity contribution in [1.29, 1.82) is 5.26 Å². The maximum Gasteiger partial charge on any atom is 0.236 e. The summed E-state index contributed by atoms with van der Waals surface area (Å²) in [6, 6.07) is 2.28. The fraction of sp³-hybridized carbons (Fsp3) is 0.857. The second kappa shape index (κ2) is 3.68. The minimum atomic E-state index is -0.829. The second-order valence-corrected chi connectivity index (χ2v) is 6.42. The van der Waals surface area contributed by atoms with Crippen molar-refractivity contribution in [3.8, 4) is 6.07 Å². The fourth-order valence-electron chi connectivity index (χ4n) is 5.11. The molecule has 0 aliphatic heterocycles. The predicted molar refractivity (Wildman–Crippen MR) is 62.7 cm³/mol. The van der Waals surface area contributed by atoms with E-state index in [1.165, 1.54) is 32.1 Å². The Labute approximate surface area is 102 Å². The van der Waals surface area contributed by atoms with E-state index < -0.39 is 5.54 Å². The van der Waals surface area contributed by atoms with Gasteiger partial charge in [0.15, 0.2) is 5.54 Å². The van der Waals surface area contributed by atoms with E-state index in [1.807, 2.05) is 6.92 Å². The Morgan fingerprint density at radius 3 is 2.06 bits per heavy atom. The highest BCUT2D eigenvalue weighted by atomic mass is 16.1. The fourth-order valence-corrected chi connectivity index (χ4v) is 5.11. The van der Waals surface area contributed by atoms with Crippen molar-refractivity contribution < 1.29 is 4.79 Å². The van der Waals surface area contributed by atoms with Gasteiger partial charge in [-0.1, -0.05) is 0 Å². The Morgan fingerprint density at radius 1 is 1.12 bits per heavy atom. The Balaban J connectivity index is 1.94. The third kappa shape index (κ3) is 1.55. The van der Waals surface area contributed by atoms with Crippen LogP contribution in [0.4, 0.5) is 0 Å². The molecule has 17 heavy (non-hydrogen) atoms. The zero-order valence-electron chi connectivity index (χ0n) is 10.2. The lowest BCUT2D eigenvalue weighted by Crippen LogP contribution is -2.52. The summed E-state index contributed by atoms with van der Waals surface area (Å²) in [5.74, 6) is 3.30. The van der Waals surface area contributed by atoms with Gasteiger partial charge in [0.05, 0.1) is 6.07 Å². The number of rotatable bonds is 2. The molecule has 0 aromatic carbocycles. The van der Waals surface area contributed by atoms with Crippen LogP contribution in [-0.4, -0.2) is 11.6 Å². The zero-order chi connectivity index (χ0) is 12.0. The molecule has 1 unspecified atom stereocenters. The molecular weight excluding hydrogens is 212 g/mol. The minimum Gasteiger partial charge on any atom is -0.211 e. The number of nitriles is 1. The van der Waals surface area contributed by atoms with Gasteiger partial charge in [-0.25, -0.2) is 4.79 Å². The van der Waals surface area contributed by atoms with E-state index in [4.69, 9.17) is 0 Å². The molecule has 0 radical (unpaired) electrons. The molecule has 0 saturated heterocycles. The van der Waals surface area contributed by atoms with Gasteiger partial charge in [0.1, 0.15) is 0 Å². The van der Waals surface area contributed by atoms with E-state index in [0.29, 0.717) is 17.8 Å². The van der Waals surface area contributed by atoms with Crippen LogP contribution in [0.5, 0.6) is 0 Å². The summed E-state index contributed by atoms with van der Waals surface area (Å²) in [5.41, 5.74) is -0.829. The number of isocyanates is 1. The highest BCUT2D eigenvalue weighted by molar-refractivity contribution is 5.37. The van der Waals surface area contributed by atoms with E-state index in [0.717, 1.165) is 11.8 Å². The van der Waals surface area contributed by atoms with Crippen LogP contribution in [0.2, 0.25) is 0 Å². The Kier molecular flexibility index (Phi) is 2.38. The Bertz CT molecular complexity index is 390. The maximum atomic E-state index is 10.6. The van der Waals surface area contributed by atoms with Gasteiger partial charge in [0.2, 0.25) is 6.08 Å². The highest BCUT2D eigenvalue weighted by Crippen LogP contribution is 2.59. The number of carbonyl (C=O) groups excluding carboxylic acids is 1. The summed E-state index contributed by atoms with van der Waals surface area (Å²) < 4.78 is 0. The quantitative estimate of drug-likeness (QED) is 0.541. The molecule has 0 aromatic heterocycles. The smallest absolute Gasteiger partial charge is 0.211 e. The average Bonchev–Trinajstić information content (AvgIpc) is 2.27. The van der Waals surface area contributed by atoms with Crippen molar-refractivity contribution >= 4 is 6.08 Å². The summed E-state index contributed by atoms with van der Waals surface area (Å²) >= 11 is 0. The van der Waals surface area contributed by atoms with E-state index in [9.17, 15) is 10.1 Å². The topological polar surface area (TPSA) is 53.2 Å². The van der Waals surface area contributed by atoms with E-state index >= 15 is 0 Å². The molecule has 4 aliphatic rings. The van der Waals surface area contributed by atoms with Crippen molar-refractivity contribution in [3.63, 3.8) is 0 Å². The Hall–Kier alpha value is -1.13. The van der Waals surface area contributed by atoms with Crippen LogP contribution < -0.4 is 0 Å². The maximum absolute atomic E-state index is 10.6. The van der Waals surface area contributed by atoms with Crippen LogP contribution in [0.15, 0.2) is 4.99 Å². The van der Waals surface area contributed by atoms with Crippen molar-refractivity contribution in [3.05, 3.63) is 0 Å². The van der Waals surface area contributed by atoms with Gasteiger partial charge in [0, 0.05) is 5.92 Å². The number of nitrogens with zero attached hydrogens (tertiary/aromatic N) is 2. The van der Waals surface area contributed by atoms with Gasteiger partial charge in [-0.2, -0.15) is 10.3 Å². The summed E-state index contributed by atoms with van der Waals surface area (Å²) in [6.45, 7) is 1.82. The summed E-state index contributed by atoms with van der Waals surface area (Å²) in [4.78, 5) is 14.4. The molecule has 4 bridgehead atoms. The number of aliphatic imine (C=N–C) groups is 1. The van der Waals surface area contributed by atoms with Crippen LogP contribution in [-0.2, 0) is 4.79 Å². The molecule has 3 nitrogen and oxygen atoms in total. The molecule has 0 spiro atoms. The first-order valence-electron chi connectivity index (χ1n) is 6.66. The van der Waals surface area contributed by atoms with Gasteiger partial charge in [-0.3, -0.25) is 0 Å². The molecule has 4 fully saturated rings. The average molecular weight is 230 g/mol. The molecular formula is C14H18N2O. The lowest BCUT2D eigenvalue weighted by Gasteiger charge is -2.56. The first-order valence-corrected chi connectivity index (χ1v) is 6.66. The lowest BCUT2D eigenvalue weighted by atomic mass is 9.48. The molecule has 4 aliphatic carbocycles. The normalized spacial score (nSPS) is 45.8. The number of hydrogen-bond donors (Lipinski definition) is 0. The predicted octanol–water partition coefficient (Wildman–Crippen LogP) is 2.68. The first kappa shape index (κ1) is 11.0. The summed E-state index contributed by atoms with van der Waals surface area (Å²) in [7, 11) is 0. The molecule has 4 rings (SSSR count). The molecule has 0 amide bonds. The van der Waals surface area contributed by atoms with Gasteiger partial charge in [0.25, 0.3) is 0 Å². The van der Waals surface area contributed by atoms with Gasteiger partial charge in [-0.05, 0) is 62.7 Å². The molecule has 0 heterocycles. The van der Waals surface area contributed by atoms with Crippen LogP contribution in [0.3, 0.4) is 0 Å². The Morgan fingerprint density at radius 2 is 1.65 bits per heavy atom. The molecule has 3 heteroatoms. The monoisotopic (exact) mass is 230 g/mol. The SMILES string of the molecule is CC(C#N)(N=C=O)C1C2CC3CC(C2)CC1C3. The molecule has 0 aromatic rings. The minimum absolute atomic E-state index is 0.293. The molecule has 0 N–H and O–H groups in total. The van der Waals surface area contributed by atoms with E-state index in [2.05, 4.69) is 11.1 Å². The lowest BCUT2D eigenvalue weighted by molar-refractivity contribution is -0.0551. The van der Waals surface area contributed by atoms with Crippen LogP contribution >= 0.6 is 0 Å². The first-order chi connectivity index (χ1) is 8.16. The zero-order valence-corrected chi connectivity index (χ0v) is 10.2. The molecule has 90 valence electrons. The summed E-state index contributed by atoms with van der Waals surface area (Å²) in [5, 5.41) is 9.38. The third-order valence-electron chi connectivity index (χ3n) is 5.38. The molecule has 1 atom stereocenters. The van der Waals surface area contributed by atoms with Gasteiger partial charge in [-0.15, -0.1) is 0 Å². The van der Waals surface area contributed by atoms with Crippen LogP contribution in [0.25, 0.3) is 0 Å². The van der Waals surface area contributed by atoms with Crippen molar-refractivity contribution in [1.82, 2.24) is 0 Å². The third-order valence-corrected chi connectivity index (χ3v) is 5.38. The molecule has 4 saturated carbocycles. The second-order valence-electron chi connectivity index (χ2n) is 6.42. The van der Waals surface area contributed by atoms with E-state index in [-0.39, 0.29) is 0 Å². The van der Waals surface area contributed by atoms with Crippen molar-refractivity contribution in [2.24, 2.45) is 34.6 Å². The van der Waals surface area contributed by atoms with Crippen LogP contribution in [0.1, 0.15) is 39.0 Å². The number of hydrogen-bond acceptors (Lipinski definition) is 3. The van der Waals surface area contributed by atoms with Crippen molar-refractivity contribution in [2.75, 3.05) is 0 Å². The standard InChI is InChI=1S/C14H18N2O/c1-14(7-15,16-8-17)13-11-3-9-2-10(5-11)6-12(13)4-9/h9-13H,2-6H2,1H3. The van der Waals surface area contributed by atoms with Gasteiger partial charge < -0.3 is 0 Å².